The molecule has 3 rings (SSSR count). The number of fused-ring (bicyclic) bond motifs is 1. The molecule has 2 N–H and O–H groups in total. The van der Waals surface area contributed by atoms with Crippen molar-refractivity contribution in [1.29, 1.82) is 0 Å². The Labute approximate surface area is 172 Å². The van der Waals surface area contributed by atoms with Crippen LogP contribution in [0.2, 0.25) is 0 Å². The molecule has 1 atom stereocenters. The van der Waals surface area contributed by atoms with Crippen LogP contribution in [0.1, 0.15) is 42.3 Å². The third-order valence-electron chi connectivity index (χ3n) is 4.98. The normalized spacial score (nSPS) is 14.9. The fourth-order valence-corrected chi connectivity index (χ4v) is 3.30. The van der Waals surface area contributed by atoms with Gasteiger partial charge in [-0.1, -0.05) is 45.0 Å². The van der Waals surface area contributed by atoms with E-state index in [-0.39, 0.29) is 35.8 Å². The predicted molar refractivity (Wildman–Crippen MR) is 106 cm³/mol. The zero-order valence-electron chi connectivity index (χ0n) is 16.9. The molecule has 2 aromatic carbocycles. The number of nitrogens with one attached hydrogen (secondary N) is 2. The van der Waals surface area contributed by atoms with Crippen molar-refractivity contribution in [1.82, 2.24) is 5.32 Å². The van der Waals surface area contributed by atoms with E-state index < -0.39 is 29.1 Å². The van der Waals surface area contributed by atoms with Crippen molar-refractivity contribution in [3.8, 4) is 5.75 Å². The third-order valence-corrected chi connectivity index (χ3v) is 4.98. The minimum Gasteiger partial charge on any atom is -0.481 e. The molecule has 2 amide bonds. The van der Waals surface area contributed by atoms with Crippen LogP contribution in [0.4, 0.5) is 18.9 Å². The van der Waals surface area contributed by atoms with Gasteiger partial charge in [0.05, 0.1) is 16.8 Å². The Hall–Kier alpha value is -3.03. The van der Waals surface area contributed by atoms with E-state index in [0.29, 0.717) is 5.69 Å². The Bertz CT molecular complexity index is 965. The summed E-state index contributed by atoms with van der Waals surface area (Å²) in [5.74, 6) is -0.554. The molecule has 1 aliphatic heterocycles. The average Bonchev–Trinajstić information content (AvgIpc) is 2.65. The number of halogens is 3. The quantitative estimate of drug-likeness (QED) is 0.769. The Kier molecular flexibility index (Phi) is 5.78. The van der Waals surface area contributed by atoms with E-state index in [1.807, 2.05) is 20.8 Å². The molecule has 0 spiro atoms. The fraction of sp³-hybridized carbons (Fsp3) is 0.364. The molecule has 0 unspecified atom stereocenters. The largest absolute Gasteiger partial charge is 0.481 e. The van der Waals surface area contributed by atoms with Crippen molar-refractivity contribution < 1.29 is 27.5 Å². The molecular formula is C22H23F3N2O3. The Balaban J connectivity index is 1.89. The molecule has 0 saturated carbocycles. The van der Waals surface area contributed by atoms with E-state index in [2.05, 4.69) is 10.6 Å². The van der Waals surface area contributed by atoms with Gasteiger partial charge in [0.2, 0.25) is 0 Å². The molecule has 0 radical (unpaired) electrons. The number of benzene rings is 2. The highest BCUT2D eigenvalue weighted by atomic mass is 19.4. The molecule has 0 saturated heterocycles. The highest BCUT2D eigenvalue weighted by Gasteiger charge is 2.35. The number of hydrogen-bond donors (Lipinski definition) is 2. The van der Waals surface area contributed by atoms with Gasteiger partial charge in [0.15, 0.2) is 12.4 Å². The van der Waals surface area contributed by atoms with E-state index in [1.165, 1.54) is 12.1 Å². The SMILES string of the molecule is CC(C)(C)[C@H](Cc1ccccc1C(F)(F)F)NC(=O)c1cccc2c1OCC(=O)N2. The molecule has 1 heterocycles. The van der Waals surface area contributed by atoms with E-state index in [9.17, 15) is 22.8 Å². The molecule has 30 heavy (non-hydrogen) atoms. The summed E-state index contributed by atoms with van der Waals surface area (Å²) in [5, 5.41) is 5.50. The topological polar surface area (TPSA) is 67.4 Å². The van der Waals surface area contributed by atoms with Crippen molar-refractivity contribution in [3.05, 3.63) is 59.2 Å². The maximum atomic E-state index is 13.4. The van der Waals surface area contributed by atoms with Gasteiger partial charge < -0.3 is 15.4 Å². The molecule has 1 aliphatic rings. The molecule has 2 aromatic rings. The lowest BCUT2D eigenvalue weighted by atomic mass is 9.82. The average molecular weight is 420 g/mol. The summed E-state index contributed by atoms with van der Waals surface area (Å²) in [7, 11) is 0. The van der Waals surface area contributed by atoms with Gasteiger partial charge in [-0.25, -0.2) is 0 Å². The van der Waals surface area contributed by atoms with Gasteiger partial charge in [-0.15, -0.1) is 0 Å². The summed E-state index contributed by atoms with van der Waals surface area (Å²) < 4.78 is 45.6. The van der Waals surface area contributed by atoms with Gasteiger partial charge in [0, 0.05) is 6.04 Å². The predicted octanol–water partition coefficient (Wildman–Crippen LogP) is 4.42. The second kappa shape index (κ2) is 8.01. The van der Waals surface area contributed by atoms with E-state index in [4.69, 9.17) is 4.74 Å². The second-order valence-electron chi connectivity index (χ2n) is 8.27. The molecule has 160 valence electrons. The number of hydrogen-bond acceptors (Lipinski definition) is 3. The van der Waals surface area contributed by atoms with Gasteiger partial charge in [-0.2, -0.15) is 13.2 Å². The Morgan fingerprint density at radius 2 is 1.83 bits per heavy atom. The summed E-state index contributed by atoms with van der Waals surface area (Å²) >= 11 is 0. The van der Waals surface area contributed by atoms with Crippen LogP contribution < -0.4 is 15.4 Å². The Morgan fingerprint density at radius 3 is 2.50 bits per heavy atom. The van der Waals surface area contributed by atoms with Crippen LogP contribution in [-0.4, -0.2) is 24.5 Å². The van der Waals surface area contributed by atoms with E-state index in [0.717, 1.165) is 6.07 Å². The number of ether oxygens (including phenoxy) is 1. The van der Waals surface area contributed by atoms with Crippen LogP contribution in [0.15, 0.2) is 42.5 Å². The summed E-state index contributed by atoms with van der Waals surface area (Å²) in [6.45, 7) is 5.35. The molecule has 8 heteroatoms. The van der Waals surface area contributed by atoms with Gasteiger partial charge >= 0.3 is 6.18 Å². The molecule has 5 nitrogen and oxygen atoms in total. The summed E-state index contributed by atoms with van der Waals surface area (Å²) in [5.41, 5.74) is -0.516. The second-order valence-corrected chi connectivity index (χ2v) is 8.27. The maximum Gasteiger partial charge on any atom is 0.416 e. The van der Waals surface area contributed by atoms with Crippen LogP contribution in [-0.2, 0) is 17.4 Å². The molecule has 0 aromatic heterocycles. The van der Waals surface area contributed by atoms with Gasteiger partial charge in [0.1, 0.15) is 0 Å². The van der Waals surface area contributed by atoms with Crippen molar-refractivity contribution >= 4 is 17.5 Å². The lowest BCUT2D eigenvalue weighted by molar-refractivity contribution is -0.138. The van der Waals surface area contributed by atoms with Crippen LogP contribution >= 0.6 is 0 Å². The molecule has 0 fully saturated rings. The van der Waals surface area contributed by atoms with Crippen LogP contribution in [0.25, 0.3) is 0 Å². The van der Waals surface area contributed by atoms with Gasteiger partial charge in [0.25, 0.3) is 11.8 Å². The zero-order valence-corrected chi connectivity index (χ0v) is 16.9. The van der Waals surface area contributed by atoms with Crippen molar-refractivity contribution in [2.75, 3.05) is 11.9 Å². The van der Waals surface area contributed by atoms with E-state index >= 15 is 0 Å². The summed E-state index contributed by atoms with van der Waals surface area (Å²) in [4.78, 5) is 24.5. The molecule has 0 aliphatic carbocycles. The minimum atomic E-state index is -4.48. The van der Waals surface area contributed by atoms with Crippen molar-refractivity contribution in [2.45, 2.75) is 39.4 Å². The summed E-state index contributed by atoms with van der Waals surface area (Å²) in [6.07, 6.45) is -4.47. The van der Waals surface area contributed by atoms with Crippen LogP contribution in [0.5, 0.6) is 5.75 Å². The van der Waals surface area contributed by atoms with E-state index in [1.54, 1.807) is 24.3 Å². The first-order chi connectivity index (χ1) is 14.0. The first kappa shape index (κ1) is 21.7. The first-order valence-corrected chi connectivity index (χ1v) is 9.48. The summed E-state index contributed by atoms with van der Waals surface area (Å²) in [6, 6.07) is 9.56. The smallest absolute Gasteiger partial charge is 0.416 e. The number of alkyl halides is 3. The first-order valence-electron chi connectivity index (χ1n) is 9.48. The van der Waals surface area contributed by atoms with Crippen LogP contribution in [0, 0.1) is 5.41 Å². The standard InChI is InChI=1S/C22H23F3N2O3/c1-21(2,3)17(11-13-7-4-5-9-15(13)22(23,24)25)27-20(29)14-8-6-10-16-19(14)30-12-18(28)26-16/h4-10,17H,11-12H2,1-3H3,(H,26,28)(H,27,29)/t17-/m0/s1. The van der Waals surface area contributed by atoms with Crippen molar-refractivity contribution in [3.63, 3.8) is 0 Å². The molecule has 0 bridgehead atoms. The lowest BCUT2D eigenvalue weighted by Crippen LogP contribution is -2.45. The van der Waals surface area contributed by atoms with Crippen LogP contribution in [0.3, 0.4) is 0 Å². The van der Waals surface area contributed by atoms with Crippen molar-refractivity contribution in [2.24, 2.45) is 5.41 Å². The number of amides is 2. The number of anilines is 1. The Morgan fingerprint density at radius 1 is 1.13 bits per heavy atom. The number of rotatable bonds is 4. The number of para-hydroxylation sites is 1. The third kappa shape index (κ3) is 4.75. The van der Waals surface area contributed by atoms with Gasteiger partial charge in [-0.3, -0.25) is 9.59 Å². The lowest BCUT2D eigenvalue weighted by Gasteiger charge is -2.33. The fourth-order valence-electron chi connectivity index (χ4n) is 3.30. The number of carbonyl (C=O) groups is 2. The highest BCUT2D eigenvalue weighted by molar-refractivity contribution is 6.03. The zero-order chi connectivity index (χ0) is 22.1. The van der Waals surface area contributed by atoms with Gasteiger partial charge in [-0.05, 0) is 35.6 Å². The maximum absolute atomic E-state index is 13.4. The minimum absolute atomic E-state index is 0.0114. The highest BCUT2D eigenvalue weighted by Crippen LogP contribution is 2.35. The molecular weight excluding hydrogens is 397 g/mol. The number of carbonyl (C=O) groups excluding carboxylic acids is 2. The monoisotopic (exact) mass is 420 g/mol.